The lowest BCUT2D eigenvalue weighted by molar-refractivity contribution is -0.384. The zero-order chi connectivity index (χ0) is 15.4. The summed E-state index contributed by atoms with van der Waals surface area (Å²) in [7, 11) is 0. The Morgan fingerprint density at radius 3 is 2.81 bits per heavy atom. The summed E-state index contributed by atoms with van der Waals surface area (Å²) in [5.41, 5.74) is 0.517. The minimum absolute atomic E-state index is 0.0719. The third-order valence-corrected chi connectivity index (χ3v) is 3.53. The summed E-state index contributed by atoms with van der Waals surface area (Å²) >= 11 is 0. The van der Waals surface area contributed by atoms with Crippen LogP contribution in [0.4, 0.5) is 11.5 Å². The van der Waals surface area contributed by atoms with Crippen LogP contribution in [0.5, 0.6) is 0 Å². The van der Waals surface area contributed by atoms with Gasteiger partial charge in [0.05, 0.1) is 4.92 Å². The first-order chi connectivity index (χ1) is 10.0. The summed E-state index contributed by atoms with van der Waals surface area (Å²) in [6, 6.07) is 0.0750. The summed E-state index contributed by atoms with van der Waals surface area (Å²) in [6.07, 6.45) is 3.40. The van der Waals surface area contributed by atoms with Gasteiger partial charge in [0.1, 0.15) is 5.69 Å². The number of nitrogens with one attached hydrogen (secondary N) is 1. The summed E-state index contributed by atoms with van der Waals surface area (Å²) in [5, 5.41) is 18.6. The van der Waals surface area contributed by atoms with E-state index in [9.17, 15) is 10.1 Å². The summed E-state index contributed by atoms with van der Waals surface area (Å²) in [4.78, 5) is 10.8. The molecule has 1 fully saturated rings. The van der Waals surface area contributed by atoms with Crippen molar-refractivity contribution >= 4 is 11.5 Å². The van der Waals surface area contributed by atoms with Crippen molar-refractivity contribution in [1.82, 2.24) is 9.78 Å². The number of hydrogen-bond acceptors (Lipinski definition) is 5. The number of ether oxygens (including phenoxy) is 1. The van der Waals surface area contributed by atoms with E-state index < -0.39 is 0 Å². The van der Waals surface area contributed by atoms with Crippen LogP contribution in [-0.2, 0) is 4.74 Å². The molecule has 0 amide bonds. The van der Waals surface area contributed by atoms with E-state index in [1.54, 1.807) is 11.6 Å². The van der Waals surface area contributed by atoms with Gasteiger partial charge in [0.15, 0.2) is 0 Å². The zero-order valence-corrected chi connectivity index (χ0v) is 13.0. The highest BCUT2D eigenvalue weighted by Gasteiger charge is 2.26. The molecule has 2 rings (SSSR count). The maximum atomic E-state index is 11.2. The fourth-order valence-corrected chi connectivity index (χ4v) is 2.21. The number of aryl methyl sites for hydroxylation is 1. The smallest absolute Gasteiger partial charge is 0.333 e. The van der Waals surface area contributed by atoms with Crippen LogP contribution < -0.4 is 5.32 Å². The average Bonchev–Trinajstić information content (AvgIpc) is 3.16. The Balaban J connectivity index is 1.88. The first-order valence-electron chi connectivity index (χ1n) is 7.55. The number of anilines is 1. The van der Waals surface area contributed by atoms with Gasteiger partial charge in [0.2, 0.25) is 5.82 Å². The standard InChI is InChI=1S/C14H24N4O3/c1-10(2)17-14(13(18(19)20)11(3)16-17)15-7-4-8-21-9-12-5-6-12/h10,12,15H,4-9H2,1-3H3. The van der Waals surface area contributed by atoms with Crippen LogP contribution in [0.15, 0.2) is 0 Å². The van der Waals surface area contributed by atoms with E-state index in [0.29, 0.717) is 24.7 Å². The number of rotatable bonds is 9. The van der Waals surface area contributed by atoms with E-state index in [0.717, 1.165) is 18.9 Å². The minimum atomic E-state index is -0.368. The van der Waals surface area contributed by atoms with Gasteiger partial charge in [-0.3, -0.25) is 10.1 Å². The maximum Gasteiger partial charge on any atom is 0.333 e. The van der Waals surface area contributed by atoms with Gasteiger partial charge >= 0.3 is 5.69 Å². The molecule has 21 heavy (non-hydrogen) atoms. The summed E-state index contributed by atoms with van der Waals surface area (Å²) in [5.74, 6) is 1.26. The molecular weight excluding hydrogens is 272 g/mol. The molecule has 1 N–H and O–H groups in total. The molecule has 0 spiro atoms. The molecule has 0 radical (unpaired) electrons. The fraction of sp³-hybridized carbons (Fsp3) is 0.786. The maximum absolute atomic E-state index is 11.2. The number of aromatic nitrogens is 2. The summed E-state index contributed by atoms with van der Waals surface area (Å²) < 4.78 is 7.24. The van der Waals surface area contributed by atoms with Crippen molar-refractivity contribution in [2.24, 2.45) is 5.92 Å². The molecular formula is C14H24N4O3. The lowest BCUT2D eigenvalue weighted by atomic mass is 10.3. The monoisotopic (exact) mass is 296 g/mol. The highest BCUT2D eigenvalue weighted by atomic mass is 16.6. The molecule has 0 saturated heterocycles. The average molecular weight is 296 g/mol. The van der Waals surface area contributed by atoms with Gasteiger partial charge in [-0.25, -0.2) is 4.68 Å². The van der Waals surface area contributed by atoms with Gasteiger partial charge in [-0.15, -0.1) is 0 Å². The molecule has 7 heteroatoms. The van der Waals surface area contributed by atoms with Crippen LogP contribution in [-0.4, -0.2) is 34.5 Å². The van der Waals surface area contributed by atoms with Gasteiger partial charge in [-0.1, -0.05) is 0 Å². The molecule has 0 atom stereocenters. The number of nitrogens with zero attached hydrogens (tertiary/aromatic N) is 3. The van der Waals surface area contributed by atoms with Crippen molar-refractivity contribution in [2.75, 3.05) is 25.1 Å². The second-order valence-corrected chi connectivity index (χ2v) is 5.88. The molecule has 0 aromatic carbocycles. The van der Waals surface area contributed by atoms with Crippen LogP contribution in [0.1, 0.15) is 44.8 Å². The largest absolute Gasteiger partial charge is 0.381 e. The summed E-state index contributed by atoms with van der Waals surface area (Å²) in [6.45, 7) is 7.76. The molecule has 0 unspecified atom stereocenters. The van der Waals surface area contributed by atoms with Gasteiger partial charge in [0, 0.05) is 25.8 Å². The molecule has 1 aliphatic carbocycles. The van der Waals surface area contributed by atoms with Crippen LogP contribution in [0.2, 0.25) is 0 Å². The van der Waals surface area contributed by atoms with E-state index in [4.69, 9.17) is 4.74 Å². The van der Waals surface area contributed by atoms with Crippen molar-refractivity contribution in [2.45, 2.75) is 46.1 Å². The molecule has 118 valence electrons. The Labute approximate surface area is 124 Å². The second kappa shape index (κ2) is 6.89. The van der Waals surface area contributed by atoms with E-state index in [-0.39, 0.29) is 16.7 Å². The third-order valence-electron chi connectivity index (χ3n) is 3.53. The molecule has 1 aliphatic rings. The predicted octanol–water partition coefficient (Wildman–Crippen LogP) is 2.91. The molecule has 0 bridgehead atoms. The van der Waals surface area contributed by atoms with Crippen LogP contribution in [0.25, 0.3) is 0 Å². The fourth-order valence-electron chi connectivity index (χ4n) is 2.21. The molecule has 1 aromatic heterocycles. The van der Waals surface area contributed by atoms with Gasteiger partial charge in [-0.2, -0.15) is 5.10 Å². The topological polar surface area (TPSA) is 82.2 Å². The Morgan fingerprint density at radius 1 is 1.52 bits per heavy atom. The molecule has 0 aliphatic heterocycles. The predicted molar refractivity (Wildman–Crippen MR) is 80.7 cm³/mol. The Bertz CT molecular complexity index is 495. The first-order valence-corrected chi connectivity index (χ1v) is 7.55. The Hall–Kier alpha value is -1.63. The van der Waals surface area contributed by atoms with Gasteiger partial charge in [0.25, 0.3) is 0 Å². The van der Waals surface area contributed by atoms with E-state index in [1.165, 1.54) is 12.8 Å². The van der Waals surface area contributed by atoms with Crippen LogP contribution in [0.3, 0.4) is 0 Å². The van der Waals surface area contributed by atoms with Crippen molar-refractivity contribution in [3.63, 3.8) is 0 Å². The van der Waals surface area contributed by atoms with Crippen LogP contribution >= 0.6 is 0 Å². The Kier molecular flexibility index (Phi) is 5.17. The number of nitro groups is 1. The first kappa shape index (κ1) is 15.8. The third kappa shape index (κ3) is 4.17. The normalized spacial score (nSPS) is 14.7. The van der Waals surface area contributed by atoms with Crippen molar-refractivity contribution < 1.29 is 9.66 Å². The Morgan fingerprint density at radius 2 is 2.24 bits per heavy atom. The molecule has 1 saturated carbocycles. The molecule has 1 aromatic rings. The molecule has 1 heterocycles. The van der Waals surface area contributed by atoms with Crippen molar-refractivity contribution in [1.29, 1.82) is 0 Å². The lowest BCUT2D eigenvalue weighted by Crippen LogP contribution is -2.13. The van der Waals surface area contributed by atoms with Crippen molar-refractivity contribution in [3.05, 3.63) is 15.8 Å². The van der Waals surface area contributed by atoms with Gasteiger partial charge < -0.3 is 10.1 Å². The highest BCUT2D eigenvalue weighted by molar-refractivity contribution is 5.59. The minimum Gasteiger partial charge on any atom is -0.381 e. The molecule has 7 nitrogen and oxygen atoms in total. The van der Waals surface area contributed by atoms with E-state index >= 15 is 0 Å². The quantitative estimate of drug-likeness (QED) is 0.430. The second-order valence-electron chi connectivity index (χ2n) is 5.88. The SMILES string of the molecule is Cc1nn(C(C)C)c(NCCCOCC2CC2)c1[N+](=O)[O-]. The lowest BCUT2D eigenvalue weighted by Gasteiger charge is -2.12. The van der Waals surface area contributed by atoms with Crippen molar-refractivity contribution in [3.8, 4) is 0 Å². The van der Waals surface area contributed by atoms with Gasteiger partial charge in [-0.05, 0) is 46.0 Å². The van der Waals surface area contributed by atoms with E-state index in [2.05, 4.69) is 10.4 Å². The zero-order valence-electron chi connectivity index (χ0n) is 13.0. The van der Waals surface area contributed by atoms with E-state index in [1.807, 2.05) is 13.8 Å². The number of hydrogen-bond donors (Lipinski definition) is 1. The van der Waals surface area contributed by atoms with Crippen LogP contribution in [0, 0.1) is 23.0 Å². The highest BCUT2D eigenvalue weighted by Crippen LogP contribution is 2.30.